The number of anilines is 1. The van der Waals surface area contributed by atoms with Crippen LogP contribution in [0, 0.1) is 18.3 Å². The van der Waals surface area contributed by atoms with Crippen molar-refractivity contribution in [2.45, 2.75) is 45.2 Å². The Labute approximate surface area is 108 Å². The Morgan fingerprint density at radius 2 is 2.28 bits per heavy atom. The maximum absolute atomic E-state index is 8.99. The summed E-state index contributed by atoms with van der Waals surface area (Å²) < 4.78 is 0. The molecule has 1 aliphatic rings. The van der Waals surface area contributed by atoms with Gasteiger partial charge >= 0.3 is 0 Å². The van der Waals surface area contributed by atoms with E-state index >= 15 is 0 Å². The van der Waals surface area contributed by atoms with E-state index in [0.29, 0.717) is 24.2 Å². The van der Waals surface area contributed by atoms with Gasteiger partial charge in [0.15, 0.2) is 0 Å². The van der Waals surface area contributed by atoms with Crippen molar-refractivity contribution in [3.63, 3.8) is 0 Å². The standard InChI is InChI=1S/C13H19N5/c1-9-6-11(7-14)17-13(16-9)18-10(2)4-3-5-12(18)8-15/h6,10,12H,3-5,8,15H2,1-2H3. The van der Waals surface area contributed by atoms with E-state index in [-0.39, 0.29) is 6.04 Å². The zero-order valence-corrected chi connectivity index (χ0v) is 10.9. The summed E-state index contributed by atoms with van der Waals surface area (Å²) in [7, 11) is 0. The molecule has 5 heteroatoms. The molecule has 0 aromatic carbocycles. The van der Waals surface area contributed by atoms with Crippen LogP contribution in [-0.4, -0.2) is 28.6 Å². The van der Waals surface area contributed by atoms with Gasteiger partial charge in [0, 0.05) is 24.3 Å². The number of piperidine rings is 1. The Morgan fingerprint density at radius 1 is 1.50 bits per heavy atom. The minimum Gasteiger partial charge on any atom is -0.334 e. The van der Waals surface area contributed by atoms with E-state index < -0.39 is 0 Å². The lowest BCUT2D eigenvalue weighted by Crippen LogP contribution is -2.50. The molecule has 2 unspecified atom stereocenters. The van der Waals surface area contributed by atoms with Crippen molar-refractivity contribution < 1.29 is 0 Å². The van der Waals surface area contributed by atoms with Crippen LogP contribution in [0.2, 0.25) is 0 Å². The van der Waals surface area contributed by atoms with Crippen molar-refractivity contribution in [2.24, 2.45) is 5.73 Å². The van der Waals surface area contributed by atoms with Gasteiger partial charge in [-0.2, -0.15) is 5.26 Å². The van der Waals surface area contributed by atoms with E-state index in [1.54, 1.807) is 6.07 Å². The van der Waals surface area contributed by atoms with Crippen LogP contribution in [0.25, 0.3) is 0 Å². The maximum atomic E-state index is 8.99. The molecule has 5 nitrogen and oxygen atoms in total. The van der Waals surface area contributed by atoms with Gasteiger partial charge in [-0.1, -0.05) is 0 Å². The molecule has 1 fully saturated rings. The second-order valence-corrected chi connectivity index (χ2v) is 4.88. The van der Waals surface area contributed by atoms with Gasteiger partial charge in [-0.25, -0.2) is 9.97 Å². The summed E-state index contributed by atoms with van der Waals surface area (Å²) >= 11 is 0. The molecule has 0 bridgehead atoms. The number of nitrogens with two attached hydrogens (primary N) is 1. The van der Waals surface area contributed by atoms with Gasteiger partial charge in [0.1, 0.15) is 11.8 Å². The Morgan fingerprint density at radius 3 is 2.94 bits per heavy atom. The molecule has 0 radical (unpaired) electrons. The van der Waals surface area contributed by atoms with Crippen LogP contribution in [0.4, 0.5) is 5.95 Å². The molecule has 2 rings (SSSR count). The zero-order valence-electron chi connectivity index (χ0n) is 10.9. The van der Waals surface area contributed by atoms with Crippen LogP contribution in [0.5, 0.6) is 0 Å². The van der Waals surface area contributed by atoms with Crippen LogP contribution >= 0.6 is 0 Å². The normalized spacial score (nSPS) is 23.8. The van der Waals surface area contributed by atoms with Gasteiger partial charge in [0.2, 0.25) is 5.95 Å². The number of aryl methyl sites for hydroxylation is 1. The minimum atomic E-state index is 0.280. The lowest BCUT2D eigenvalue weighted by molar-refractivity contribution is 0.394. The number of nitriles is 1. The molecule has 2 N–H and O–H groups in total. The predicted octanol–water partition coefficient (Wildman–Crippen LogP) is 1.36. The third-order valence-electron chi connectivity index (χ3n) is 3.49. The van der Waals surface area contributed by atoms with Crippen molar-refractivity contribution in [3.05, 3.63) is 17.5 Å². The molecule has 18 heavy (non-hydrogen) atoms. The van der Waals surface area contributed by atoms with Gasteiger partial charge < -0.3 is 10.6 Å². The first-order valence-corrected chi connectivity index (χ1v) is 6.40. The quantitative estimate of drug-likeness (QED) is 0.851. The summed E-state index contributed by atoms with van der Waals surface area (Å²) in [6.45, 7) is 4.65. The van der Waals surface area contributed by atoms with Crippen LogP contribution in [-0.2, 0) is 0 Å². The van der Waals surface area contributed by atoms with Gasteiger partial charge in [0.05, 0.1) is 0 Å². The highest BCUT2D eigenvalue weighted by molar-refractivity contribution is 5.39. The van der Waals surface area contributed by atoms with Crippen LogP contribution in [0.1, 0.15) is 37.6 Å². The number of hydrogen-bond acceptors (Lipinski definition) is 5. The molecule has 1 saturated heterocycles. The molecular formula is C13H19N5. The minimum absolute atomic E-state index is 0.280. The van der Waals surface area contributed by atoms with Crippen molar-refractivity contribution in [1.82, 2.24) is 9.97 Å². The number of rotatable bonds is 2. The largest absolute Gasteiger partial charge is 0.334 e. The molecule has 0 aliphatic carbocycles. The Balaban J connectivity index is 2.38. The number of nitrogens with zero attached hydrogens (tertiary/aromatic N) is 4. The highest BCUT2D eigenvalue weighted by Gasteiger charge is 2.29. The Kier molecular flexibility index (Phi) is 3.78. The van der Waals surface area contributed by atoms with Crippen molar-refractivity contribution in [2.75, 3.05) is 11.4 Å². The predicted molar refractivity (Wildman–Crippen MR) is 70.1 cm³/mol. The SMILES string of the molecule is Cc1cc(C#N)nc(N2C(C)CCCC2CN)n1. The van der Waals surface area contributed by atoms with E-state index in [9.17, 15) is 0 Å². The summed E-state index contributed by atoms with van der Waals surface area (Å²) in [5.41, 5.74) is 7.09. The Hall–Kier alpha value is -1.67. The van der Waals surface area contributed by atoms with E-state index in [0.717, 1.165) is 18.5 Å². The van der Waals surface area contributed by atoms with Gasteiger partial charge in [-0.3, -0.25) is 0 Å². The molecule has 96 valence electrons. The van der Waals surface area contributed by atoms with Crippen LogP contribution in [0.3, 0.4) is 0 Å². The fraction of sp³-hybridized carbons (Fsp3) is 0.615. The lowest BCUT2D eigenvalue weighted by atomic mass is 9.97. The summed E-state index contributed by atoms with van der Waals surface area (Å²) in [6, 6.07) is 4.45. The average Bonchev–Trinajstić information content (AvgIpc) is 2.37. The van der Waals surface area contributed by atoms with Crippen molar-refractivity contribution in [1.29, 1.82) is 5.26 Å². The van der Waals surface area contributed by atoms with Crippen molar-refractivity contribution >= 4 is 5.95 Å². The first kappa shape index (κ1) is 12.8. The molecule has 0 saturated carbocycles. The summed E-state index contributed by atoms with van der Waals surface area (Å²) in [5.74, 6) is 0.647. The summed E-state index contributed by atoms with van der Waals surface area (Å²) in [5, 5.41) is 8.99. The first-order valence-electron chi connectivity index (χ1n) is 6.40. The fourth-order valence-electron chi connectivity index (χ4n) is 2.60. The maximum Gasteiger partial charge on any atom is 0.227 e. The van der Waals surface area contributed by atoms with Gasteiger partial charge in [0.25, 0.3) is 0 Å². The highest BCUT2D eigenvalue weighted by atomic mass is 15.3. The van der Waals surface area contributed by atoms with Gasteiger partial charge in [-0.15, -0.1) is 0 Å². The molecule has 0 spiro atoms. The molecule has 1 aromatic rings. The third-order valence-corrected chi connectivity index (χ3v) is 3.49. The number of aromatic nitrogens is 2. The second-order valence-electron chi connectivity index (χ2n) is 4.88. The average molecular weight is 245 g/mol. The van der Waals surface area contributed by atoms with E-state index in [2.05, 4.69) is 27.9 Å². The van der Waals surface area contributed by atoms with E-state index in [1.165, 1.54) is 6.42 Å². The summed E-state index contributed by atoms with van der Waals surface area (Å²) in [6.07, 6.45) is 3.38. The molecule has 1 aliphatic heterocycles. The smallest absolute Gasteiger partial charge is 0.227 e. The highest BCUT2D eigenvalue weighted by Crippen LogP contribution is 2.26. The monoisotopic (exact) mass is 245 g/mol. The lowest BCUT2D eigenvalue weighted by Gasteiger charge is -2.40. The first-order chi connectivity index (χ1) is 8.65. The van der Waals surface area contributed by atoms with Crippen LogP contribution in [0.15, 0.2) is 6.07 Å². The molecule has 0 amide bonds. The number of hydrogen-bond donors (Lipinski definition) is 1. The van der Waals surface area contributed by atoms with Gasteiger partial charge in [-0.05, 0) is 39.2 Å². The second kappa shape index (κ2) is 5.32. The summed E-state index contributed by atoms with van der Waals surface area (Å²) in [4.78, 5) is 11.0. The topological polar surface area (TPSA) is 78.8 Å². The zero-order chi connectivity index (χ0) is 13.1. The molecule has 2 atom stereocenters. The molecular weight excluding hydrogens is 226 g/mol. The van der Waals surface area contributed by atoms with Crippen LogP contribution < -0.4 is 10.6 Å². The van der Waals surface area contributed by atoms with E-state index in [1.807, 2.05) is 6.92 Å². The molecule has 1 aromatic heterocycles. The van der Waals surface area contributed by atoms with Crippen molar-refractivity contribution in [3.8, 4) is 6.07 Å². The fourth-order valence-corrected chi connectivity index (χ4v) is 2.60. The molecule has 2 heterocycles. The third kappa shape index (κ3) is 2.44. The Bertz CT molecular complexity index is 465. The van der Waals surface area contributed by atoms with E-state index in [4.69, 9.17) is 11.0 Å².